The Morgan fingerprint density at radius 2 is 1.76 bits per heavy atom. The van der Waals surface area contributed by atoms with E-state index in [-0.39, 0.29) is 4.90 Å². The van der Waals surface area contributed by atoms with E-state index in [1.54, 1.807) is 12.1 Å². The van der Waals surface area contributed by atoms with Gasteiger partial charge in [-0.15, -0.1) is 0 Å². The van der Waals surface area contributed by atoms with E-state index < -0.39 is 10.0 Å². The molecule has 0 amide bonds. The molecule has 0 fully saturated rings. The number of sulfonamides is 1. The van der Waals surface area contributed by atoms with Crippen LogP contribution < -0.4 is 4.83 Å². The van der Waals surface area contributed by atoms with E-state index in [1.807, 2.05) is 13.8 Å². The van der Waals surface area contributed by atoms with Gasteiger partial charge in [0.15, 0.2) is 0 Å². The fourth-order valence-corrected chi connectivity index (χ4v) is 2.31. The van der Waals surface area contributed by atoms with Crippen molar-refractivity contribution < 1.29 is 8.42 Å². The summed E-state index contributed by atoms with van der Waals surface area (Å²) >= 11 is 3.25. The molecule has 0 atom stereocenters. The minimum absolute atomic E-state index is 0.205. The van der Waals surface area contributed by atoms with Gasteiger partial charge in [0.25, 0.3) is 10.0 Å². The maximum Gasteiger partial charge on any atom is 0.276 e. The molecule has 0 heterocycles. The van der Waals surface area contributed by atoms with Crippen LogP contribution in [0.25, 0.3) is 0 Å². The van der Waals surface area contributed by atoms with Crippen LogP contribution in [0.3, 0.4) is 0 Å². The minimum atomic E-state index is -3.55. The van der Waals surface area contributed by atoms with Gasteiger partial charge in [-0.1, -0.05) is 29.8 Å². The van der Waals surface area contributed by atoms with Crippen LogP contribution >= 0.6 is 15.9 Å². The lowest BCUT2D eigenvalue weighted by Crippen LogP contribution is -2.20. The molecule has 0 bridgehead atoms. The lowest BCUT2D eigenvalue weighted by Gasteiger charge is -2.05. The highest BCUT2D eigenvalue weighted by molar-refractivity contribution is 9.10. The van der Waals surface area contributed by atoms with Crippen LogP contribution in [0, 0.1) is 0 Å². The maximum atomic E-state index is 11.8. The molecule has 0 aromatic heterocycles. The number of hydrogen-bond acceptors (Lipinski definition) is 3. The molecule has 4 nitrogen and oxygen atoms in total. The Morgan fingerprint density at radius 1 is 1.24 bits per heavy atom. The quantitative estimate of drug-likeness (QED) is 0.670. The summed E-state index contributed by atoms with van der Waals surface area (Å²) in [5.74, 6) is 0. The summed E-state index contributed by atoms with van der Waals surface area (Å²) in [4.78, 5) is 2.45. The molecule has 0 unspecified atom stereocenters. The Kier molecular flexibility index (Phi) is 5.14. The van der Waals surface area contributed by atoms with Gasteiger partial charge in [-0.2, -0.15) is 13.5 Å². The van der Waals surface area contributed by atoms with Gasteiger partial charge in [-0.3, -0.25) is 0 Å². The Hall–Kier alpha value is -0.880. The zero-order valence-electron chi connectivity index (χ0n) is 9.77. The molecule has 94 valence electrons. The molecule has 17 heavy (non-hydrogen) atoms. The Labute approximate surface area is 110 Å². The van der Waals surface area contributed by atoms with Crippen molar-refractivity contribution in [2.45, 2.75) is 31.6 Å². The number of rotatable bonds is 5. The highest BCUT2D eigenvalue weighted by Crippen LogP contribution is 2.14. The molecule has 0 spiro atoms. The second kappa shape index (κ2) is 6.16. The van der Waals surface area contributed by atoms with Crippen LogP contribution in [-0.4, -0.2) is 14.1 Å². The average Bonchev–Trinajstić information content (AvgIpc) is 2.31. The predicted molar refractivity (Wildman–Crippen MR) is 72.5 cm³/mol. The van der Waals surface area contributed by atoms with Crippen LogP contribution in [0.5, 0.6) is 0 Å². The first-order chi connectivity index (χ1) is 7.99. The lowest BCUT2D eigenvalue weighted by atomic mass is 10.2. The third-order valence-electron chi connectivity index (χ3n) is 2.26. The van der Waals surface area contributed by atoms with Crippen LogP contribution in [-0.2, 0) is 10.0 Å². The van der Waals surface area contributed by atoms with E-state index in [0.29, 0.717) is 0 Å². The standard InChI is InChI=1S/C11H15BrN2O2S/c1-3-10(4-2)13-14-17(15,16)11-7-5-9(12)6-8-11/h5-8,14H,3-4H2,1-2H3. The largest absolute Gasteiger partial charge is 0.276 e. The summed E-state index contributed by atoms with van der Waals surface area (Å²) < 4.78 is 24.5. The van der Waals surface area contributed by atoms with E-state index in [2.05, 4.69) is 25.9 Å². The summed E-state index contributed by atoms with van der Waals surface area (Å²) in [6, 6.07) is 6.41. The summed E-state index contributed by atoms with van der Waals surface area (Å²) in [6.45, 7) is 3.88. The zero-order valence-corrected chi connectivity index (χ0v) is 12.2. The molecule has 1 aromatic rings. The number of benzene rings is 1. The maximum absolute atomic E-state index is 11.8. The monoisotopic (exact) mass is 318 g/mol. The van der Waals surface area contributed by atoms with Gasteiger partial charge < -0.3 is 0 Å². The molecule has 0 saturated heterocycles. The molecule has 1 rings (SSSR count). The second-order valence-electron chi connectivity index (χ2n) is 3.43. The number of nitrogens with one attached hydrogen (secondary N) is 1. The van der Waals surface area contributed by atoms with E-state index in [0.717, 1.165) is 23.0 Å². The molecule has 6 heteroatoms. The molecule has 0 aliphatic heterocycles. The van der Waals surface area contributed by atoms with E-state index >= 15 is 0 Å². The molecule has 0 aliphatic carbocycles. The van der Waals surface area contributed by atoms with Crippen molar-refractivity contribution in [3.63, 3.8) is 0 Å². The molecule has 1 N–H and O–H groups in total. The third-order valence-corrected chi connectivity index (χ3v) is 4.02. The molecule has 0 aliphatic rings. The van der Waals surface area contributed by atoms with Crippen molar-refractivity contribution in [3.05, 3.63) is 28.7 Å². The van der Waals surface area contributed by atoms with Crippen molar-refractivity contribution >= 4 is 31.7 Å². The molecular weight excluding hydrogens is 304 g/mol. The summed E-state index contributed by atoms with van der Waals surface area (Å²) in [5, 5.41) is 3.90. The Balaban J connectivity index is 2.89. The van der Waals surface area contributed by atoms with Gasteiger partial charge in [-0.25, -0.2) is 4.83 Å². The van der Waals surface area contributed by atoms with Crippen LogP contribution in [0.4, 0.5) is 0 Å². The summed E-state index contributed by atoms with van der Waals surface area (Å²) in [5.41, 5.74) is 0.825. The van der Waals surface area contributed by atoms with Crippen molar-refractivity contribution in [1.29, 1.82) is 0 Å². The molecular formula is C11H15BrN2O2S. The normalized spacial score (nSPS) is 11.0. The predicted octanol–water partition coefficient (Wildman–Crippen LogP) is 2.90. The van der Waals surface area contributed by atoms with Crippen molar-refractivity contribution in [2.75, 3.05) is 0 Å². The summed E-state index contributed by atoms with van der Waals surface area (Å²) in [7, 11) is -3.55. The van der Waals surface area contributed by atoms with Crippen LogP contribution in [0.15, 0.2) is 38.7 Å². The van der Waals surface area contributed by atoms with Gasteiger partial charge in [0.1, 0.15) is 0 Å². The van der Waals surface area contributed by atoms with Gasteiger partial charge in [0.2, 0.25) is 0 Å². The van der Waals surface area contributed by atoms with E-state index in [4.69, 9.17) is 0 Å². The topological polar surface area (TPSA) is 58.5 Å². The highest BCUT2D eigenvalue weighted by Gasteiger charge is 2.12. The molecule has 0 radical (unpaired) electrons. The SMILES string of the molecule is CCC(CC)=NNS(=O)(=O)c1ccc(Br)cc1. The number of nitrogens with zero attached hydrogens (tertiary/aromatic N) is 1. The minimum Gasteiger partial charge on any atom is -0.200 e. The van der Waals surface area contributed by atoms with Gasteiger partial charge in [-0.05, 0) is 37.1 Å². The van der Waals surface area contributed by atoms with Crippen LogP contribution in [0.2, 0.25) is 0 Å². The first-order valence-corrected chi connectivity index (χ1v) is 7.60. The fourth-order valence-electron chi connectivity index (χ4n) is 1.20. The third kappa shape index (κ3) is 4.12. The highest BCUT2D eigenvalue weighted by atomic mass is 79.9. The smallest absolute Gasteiger partial charge is 0.200 e. The lowest BCUT2D eigenvalue weighted by molar-refractivity contribution is 0.584. The van der Waals surface area contributed by atoms with Gasteiger partial charge in [0.05, 0.1) is 4.90 Å². The van der Waals surface area contributed by atoms with E-state index in [1.165, 1.54) is 12.1 Å². The molecule has 1 aromatic carbocycles. The first-order valence-electron chi connectivity index (χ1n) is 5.32. The zero-order chi connectivity index (χ0) is 12.9. The Morgan fingerprint density at radius 3 is 2.24 bits per heavy atom. The Bertz CT molecular complexity index is 489. The number of halogens is 1. The average molecular weight is 319 g/mol. The van der Waals surface area contributed by atoms with Crippen molar-refractivity contribution in [2.24, 2.45) is 5.10 Å². The first kappa shape index (κ1) is 14.2. The fraction of sp³-hybridized carbons (Fsp3) is 0.364. The van der Waals surface area contributed by atoms with Crippen molar-refractivity contribution in [1.82, 2.24) is 4.83 Å². The van der Waals surface area contributed by atoms with Crippen LogP contribution in [0.1, 0.15) is 26.7 Å². The van der Waals surface area contributed by atoms with Crippen molar-refractivity contribution in [3.8, 4) is 0 Å². The molecule has 0 saturated carbocycles. The second-order valence-corrected chi connectivity index (χ2v) is 6.01. The number of hydrazone groups is 1. The van der Waals surface area contributed by atoms with E-state index in [9.17, 15) is 8.42 Å². The van der Waals surface area contributed by atoms with Gasteiger partial charge >= 0.3 is 0 Å². The number of hydrogen-bond donors (Lipinski definition) is 1. The summed E-state index contributed by atoms with van der Waals surface area (Å²) in [6.07, 6.45) is 1.47. The van der Waals surface area contributed by atoms with Gasteiger partial charge in [0, 0.05) is 10.2 Å².